The van der Waals surface area contributed by atoms with Crippen LogP contribution in [-0.4, -0.2) is 36.6 Å². The highest BCUT2D eigenvalue weighted by atomic mass is 19.1. The molecule has 0 aliphatic heterocycles. The van der Waals surface area contributed by atoms with Crippen LogP contribution < -0.4 is 5.32 Å². The summed E-state index contributed by atoms with van der Waals surface area (Å²) >= 11 is 0. The lowest BCUT2D eigenvalue weighted by Crippen LogP contribution is -2.51. The van der Waals surface area contributed by atoms with E-state index in [2.05, 4.69) is 15.3 Å². The average molecular weight is 433 g/mol. The number of carboxylic acid groups (broad SMARTS) is 1. The molecule has 2 atom stereocenters. The highest BCUT2D eigenvalue weighted by Crippen LogP contribution is 2.47. The second-order valence-corrected chi connectivity index (χ2v) is 9.18. The Morgan fingerprint density at radius 3 is 2.78 bits per heavy atom. The van der Waals surface area contributed by atoms with Crippen molar-refractivity contribution < 1.29 is 14.3 Å². The summed E-state index contributed by atoms with van der Waals surface area (Å²) < 4.78 is 15.9. The number of aryl methyl sites for hydroxylation is 1. The first-order valence-electron chi connectivity index (χ1n) is 11.1. The third kappa shape index (κ3) is 2.89. The summed E-state index contributed by atoms with van der Waals surface area (Å²) in [5, 5.41) is 15.1. The van der Waals surface area contributed by atoms with Crippen molar-refractivity contribution >= 4 is 33.7 Å². The van der Waals surface area contributed by atoms with Crippen LogP contribution in [0.3, 0.4) is 0 Å². The van der Waals surface area contributed by atoms with E-state index in [0.29, 0.717) is 28.5 Å². The molecule has 3 aliphatic rings. The molecule has 3 aliphatic carbocycles. The number of H-pyrrole nitrogens is 1. The van der Waals surface area contributed by atoms with Crippen LogP contribution in [0, 0.1) is 23.6 Å². The second-order valence-electron chi connectivity index (χ2n) is 9.18. The van der Waals surface area contributed by atoms with Gasteiger partial charge in [-0.2, -0.15) is 0 Å². The minimum atomic E-state index is -0.726. The number of pyridine rings is 2. The number of rotatable bonds is 4. The molecule has 164 valence electrons. The van der Waals surface area contributed by atoms with Crippen LogP contribution in [0.25, 0.3) is 33.2 Å². The Balaban J connectivity index is 1.48. The van der Waals surface area contributed by atoms with Crippen LogP contribution in [0.4, 0.5) is 10.2 Å². The maximum Gasteiger partial charge on any atom is 0.308 e. The van der Waals surface area contributed by atoms with Crippen LogP contribution in [0.15, 0.2) is 36.8 Å². The summed E-state index contributed by atoms with van der Waals surface area (Å²) in [6.07, 6.45) is 9.03. The van der Waals surface area contributed by atoms with Gasteiger partial charge in [-0.25, -0.2) is 14.4 Å². The fraction of sp³-hybridized carbons (Fsp3) is 0.375. The highest BCUT2D eigenvalue weighted by Gasteiger charge is 2.47. The summed E-state index contributed by atoms with van der Waals surface area (Å²) in [5.41, 5.74) is 3.02. The lowest BCUT2D eigenvalue weighted by atomic mass is 9.61. The van der Waals surface area contributed by atoms with Gasteiger partial charge in [0.05, 0.1) is 23.3 Å². The molecule has 0 amide bonds. The van der Waals surface area contributed by atoms with Gasteiger partial charge in [-0.1, -0.05) is 0 Å². The normalized spacial score (nSPS) is 24.9. The Hall–Kier alpha value is -3.42. The summed E-state index contributed by atoms with van der Waals surface area (Å²) in [6, 6.07) is 5.30. The quantitative estimate of drug-likeness (QED) is 0.439. The number of nitrogens with zero attached hydrogens (tertiary/aromatic N) is 3. The third-order valence-electron chi connectivity index (χ3n) is 7.46. The molecule has 3 fully saturated rings. The van der Waals surface area contributed by atoms with E-state index in [9.17, 15) is 14.3 Å². The smallest absolute Gasteiger partial charge is 0.308 e. The molecule has 0 aromatic carbocycles. The minimum Gasteiger partial charge on any atom is -0.481 e. The number of hydrogen-bond donors (Lipinski definition) is 3. The molecule has 4 aromatic rings. The fourth-order valence-corrected chi connectivity index (χ4v) is 5.87. The van der Waals surface area contributed by atoms with E-state index >= 15 is 0 Å². The van der Waals surface area contributed by atoms with E-state index in [4.69, 9.17) is 4.98 Å². The predicted octanol–water partition coefficient (Wildman–Crippen LogP) is 4.56. The zero-order valence-corrected chi connectivity index (χ0v) is 17.7. The van der Waals surface area contributed by atoms with Gasteiger partial charge in [0.1, 0.15) is 17.3 Å². The SMILES string of the molecule is Cn1ccc2c(N[C@@H]3C4CCC(CC4)[C@H]3C(=O)O)nc(-c3c[nH]c4ncc(F)cc34)cc21. The number of aromatic amines is 1. The molecule has 0 unspecified atom stereocenters. The summed E-state index contributed by atoms with van der Waals surface area (Å²) in [5.74, 6) is -0.308. The van der Waals surface area contributed by atoms with Crippen molar-refractivity contribution in [2.24, 2.45) is 24.8 Å². The Labute approximate surface area is 183 Å². The van der Waals surface area contributed by atoms with Gasteiger partial charge < -0.3 is 20.0 Å². The number of aromatic nitrogens is 4. The molecular weight excluding hydrogens is 409 g/mol. The van der Waals surface area contributed by atoms with Crippen molar-refractivity contribution in [1.29, 1.82) is 0 Å². The van der Waals surface area contributed by atoms with Gasteiger partial charge in [0.2, 0.25) is 0 Å². The summed E-state index contributed by atoms with van der Waals surface area (Å²) in [6.45, 7) is 0. The molecule has 8 heteroatoms. The van der Waals surface area contributed by atoms with Crippen molar-refractivity contribution in [2.75, 3.05) is 5.32 Å². The standard InChI is InChI=1S/C24H24FN5O2/c1-30-7-6-15-19(30)9-18(17-11-27-22-16(17)8-14(25)10-26-22)28-23(15)29-21-13-4-2-12(3-5-13)20(21)24(31)32/h6-13,20-21H,2-5H2,1H3,(H,26,27)(H,28,29)(H,31,32)/t12?,13?,20-,21-/m1/s1. The molecule has 0 saturated heterocycles. The predicted molar refractivity (Wildman–Crippen MR) is 120 cm³/mol. The zero-order valence-electron chi connectivity index (χ0n) is 17.7. The molecule has 32 heavy (non-hydrogen) atoms. The van der Waals surface area contributed by atoms with Crippen molar-refractivity contribution in [1.82, 2.24) is 19.5 Å². The monoisotopic (exact) mass is 433 g/mol. The molecule has 0 spiro atoms. The van der Waals surface area contributed by atoms with E-state index in [0.717, 1.165) is 42.1 Å². The molecule has 3 N–H and O–H groups in total. The fourth-order valence-electron chi connectivity index (χ4n) is 5.87. The minimum absolute atomic E-state index is 0.145. The number of fused-ring (bicyclic) bond motifs is 5. The van der Waals surface area contributed by atoms with E-state index in [1.165, 1.54) is 12.3 Å². The number of carbonyl (C=O) groups is 1. The highest BCUT2D eigenvalue weighted by molar-refractivity contribution is 5.98. The number of carboxylic acids is 1. The van der Waals surface area contributed by atoms with Crippen LogP contribution in [-0.2, 0) is 11.8 Å². The Morgan fingerprint density at radius 2 is 2.00 bits per heavy atom. The first kappa shape index (κ1) is 19.3. The first-order valence-corrected chi connectivity index (χ1v) is 11.1. The van der Waals surface area contributed by atoms with Crippen LogP contribution in [0.5, 0.6) is 0 Å². The number of nitrogens with one attached hydrogen (secondary N) is 2. The summed E-state index contributed by atoms with van der Waals surface area (Å²) in [7, 11) is 1.97. The maximum atomic E-state index is 13.9. The Morgan fingerprint density at radius 1 is 1.22 bits per heavy atom. The first-order chi connectivity index (χ1) is 15.5. The summed E-state index contributed by atoms with van der Waals surface area (Å²) in [4.78, 5) is 24.3. The number of anilines is 1. The van der Waals surface area contributed by atoms with E-state index in [-0.39, 0.29) is 12.0 Å². The van der Waals surface area contributed by atoms with Crippen molar-refractivity contribution in [3.05, 3.63) is 42.6 Å². The molecule has 4 aromatic heterocycles. The van der Waals surface area contributed by atoms with E-state index < -0.39 is 17.7 Å². The van der Waals surface area contributed by atoms with Crippen molar-refractivity contribution in [3.63, 3.8) is 0 Å². The van der Waals surface area contributed by atoms with Crippen molar-refractivity contribution in [3.8, 4) is 11.3 Å². The molecule has 2 bridgehead atoms. The van der Waals surface area contributed by atoms with E-state index in [1.807, 2.05) is 29.9 Å². The number of aliphatic carboxylic acids is 1. The van der Waals surface area contributed by atoms with Gasteiger partial charge in [0.15, 0.2) is 0 Å². The molecule has 7 rings (SSSR count). The van der Waals surface area contributed by atoms with Gasteiger partial charge >= 0.3 is 5.97 Å². The Bertz CT molecular complexity index is 1350. The maximum absolute atomic E-state index is 13.9. The van der Waals surface area contributed by atoms with Gasteiger partial charge in [-0.05, 0) is 55.7 Å². The largest absolute Gasteiger partial charge is 0.481 e. The molecule has 0 radical (unpaired) electrons. The van der Waals surface area contributed by atoms with Crippen LogP contribution >= 0.6 is 0 Å². The molecule has 4 heterocycles. The Kier molecular flexibility index (Phi) is 4.25. The molecule has 7 nitrogen and oxygen atoms in total. The van der Waals surface area contributed by atoms with Crippen LogP contribution in [0.2, 0.25) is 0 Å². The van der Waals surface area contributed by atoms with Crippen LogP contribution in [0.1, 0.15) is 25.7 Å². The molecule has 3 saturated carbocycles. The van der Waals surface area contributed by atoms with Gasteiger partial charge in [-0.15, -0.1) is 0 Å². The van der Waals surface area contributed by atoms with E-state index in [1.54, 1.807) is 6.20 Å². The number of halogens is 1. The van der Waals surface area contributed by atoms with Gasteiger partial charge in [-0.3, -0.25) is 4.79 Å². The lowest BCUT2D eigenvalue weighted by Gasteiger charge is -2.47. The number of hydrogen-bond acceptors (Lipinski definition) is 4. The lowest BCUT2D eigenvalue weighted by molar-refractivity contribution is -0.148. The average Bonchev–Trinajstić information content (AvgIpc) is 3.37. The topological polar surface area (TPSA) is 95.8 Å². The van der Waals surface area contributed by atoms with Gasteiger partial charge in [0, 0.05) is 41.8 Å². The second kappa shape index (κ2) is 7.05. The zero-order chi connectivity index (χ0) is 22.0. The molecular formula is C24H24FN5O2. The third-order valence-corrected chi connectivity index (χ3v) is 7.46. The van der Waals surface area contributed by atoms with Gasteiger partial charge in [0.25, 0.3) is 0 Å². The van der Waals surface area contributed by atoms with Crippen molar-refractivity contribution in [2.45, 2.75) is 31.7 Å².